The highest BCUT2D eigenvalue weighted by Crippen LogP contribution is 2.37. The number of fused-ring (bicyclic) bond motifs is 1. The molecule has 0 unspecified atom stereocenters. The maximum Gasteiger partial charge on any atom is 0.230 e. The van der Waals surface area contributed by atoms with Gasteiger partial charge in [0.25, 0.3) is 0 Å². The molecule has 106 valence electrons. The monoisotopic (exact) mass is 272 g/mol. The Morgan fingerprint density at radius 2 is 2.05 bits per heavy atom. The molecule has 1 heterocycles. The van der Waals surface area contributed by atoms with Gasteiger partial charge >= 0.3 is 0 Å². The van der Waals surface area contributed by atoms with Crippen molar-refractivity contribution in [1.29, 1.82) is 0 Å². The fourth-order valence-corrected chi connectivity index (χ4v) is 2.55. The highest BCUT2D eigenvalue weighted by Gasteiger charge is 2.36. The van der Waals surface area contributed by atoms with E-state index < -0.39 is 0 Å². The van der Waals surface area contributed by atoms with E-state index in [1.54, 1.807) is 0 Å². The van der Waals surface area contributed by atoms with Gasteiger partial charge in [-0.05, 0) is 43.0 Å². The van der Waals surface area contributed by atoms with Crippen molar-refractivity contribution in [2.24, 2.45) is 11.8 Å². The summed E-state index contributed by atoms with van der Waals surface area (Å²) in [4.78, 5) is 25.8. The van der Waals surface area contributed by atoms with Crippen LogP contribution in [0.4, 0.5) is 11.4 Å². The minimum atomic E-state index is -0.0313. The minimum absolute atomic E-state index is 0.0221. The van der Waals surface area contributed by atoms with Gasteiger partial charge in [0.1, 0.15) is 0 Å². The van der Waals surface area contributed by atoms with Crippen LogP contribution in [0, 0.1) is 11.8 Å². The molecular formula is C16H20N2O2. The van der Waals surface area contributed by atoms with Crippen molar-refractivity contribution in [1.82, 2.24) is 0 Å². The van der Waals surface area contributed by atoms with E-state index in [-0.39, 0.29) is 23.7 Å². The number of nitrogens with one attached hydrogen (secondary N) is 1. The summed E-state index contributed by atoms with van der Waals surface area (Å²) in [6.45, 7) is 4.52. The number of nitrogens with zero attached hydrogens (tertiary/aromatic N) is 1. The lowest BCUT2D eigenvalue weighted by atomic mass is 10.1. The third kappa shape index (κ3) is 2.42. The third-order valence-electron chi connectivity index (χ3n) is 3.96. The molecule has 4 nitrogen and oxygen atoms in total. The summed E-state index contributed by atoms with van der Waals surface area (Å²) in [5.41, 5.74) is 2.99. The molecule has 1 fully saturated rings. The molecule has 0 aromatic heterocycles. The van der Waals surface area contributed by atoms with Gasteiger partial charge in [0.15, 0.2) is 0 Å². The summed E-state index contributed by atoms with van der Waals surface area (Å²) >= 11 is 0. The van der Waals surface area contributed by atoms with Gasteiger partial charge in [-0.3, -0.25) is 9.59 Å². The predicted molar refractivity (Wildman–Crippen MR) is 78.7 cm³/mol. The summed E-state index contributed by atoms with van der Waals surface area (Å²) < 4.78 is 0. The number of benzene rings is 1. The lowest BCUT2D eigenvalue weighted by Crippen LogP contribution is -2.30. The van der Waals surface area contributed by atoms with E-state index >= 15 is 0 Å². The maximum atomic E-state index is 12.2. The second-order valence-electron chi connectivity index (χ2n) is 6.00. The second-order valence-corrected chi connectivity index (χ2v) is 6.00. The Morgan fingerprint density at radius 3 is 2.70 bits per heavy atom. The molecule has 20 heavy (non-hydrogen) atoms. The zero-order valence-corrected chi connectivity index (χ0v) is 12.0. The van der Waals surface area contributed by atoms with E-state index in [0.717, 1.165) is 42.7 Å². The fraction of sp³-hybridized carbons (Fsp3) is 0.500. The van der Waals surface area contributed by atoms with E-state index in [4.69, 9.17) is 0 Å². The molecule has 0 radical (unpaired) electrons. The van der Waals surface area contributed by atoms with E-state index in [1.807, 2.05) is 36.9 Å². The van der Waals surface area contributed by atoms with Crippen molar-refractivity contribution in [2.75, 3.05) is 16.8 Å². The van der Waals surface area contributed by atoms with Gasteiger partial charge in [0, 0.05) is 29.8 Å². The highest BCUT2D eigenvalue weighted by atomic mass is 16.2. The number of amides is 2. The largest absolute Gasteiger partial charge is 0.326 e. The van der Waals surface area contributed by atoms with Crippen molar-refractivity contribution in [2.45, 2.75) is 33.1 Å². The Hall–Kier alpha value is -1.84. The lowest BCUT2D eigenvalue weighted by Gasteiger charge is -2.17. The molecule has 3 rings (SSSR count). The van der Waals surface area contributed by atoms with Gasteiger partial charge in [-0.2, -0.15) is 0 Å². The molecule has 0 saturated heterocycles. The van der Waals surface area contributed by atoms with Crippen LogP contribution in [0.3, 0.4) is 0 Å². The van der Waals surface area contributed by atoms with E-state index in [0.29, 0.717) is 0 Å². The zero-order chi connectivity index (χ0) is 14.3. The van der Waals surface area contributed by atoms with Gasteiger partial charge in [0.05, 0.1) is 0 Å². The van der Waals surface area contributed by atoms with Gasteiger partial charge < -0.3 is 10.2 Å². The van der Waals surface area contributed by atoms with Crippen LogP contribution >= 0.6 is 0 Å². The molecule has 1 saturated carbocycles. The average Bonchev–Trinajstić information content (AvgIpc) is 3.18. The van der Waals surface area contributed by atoms with Crippen LogP contribution < -0.4 is 10.2 Å². The molecule has 1 aromatic rings. The van der Waals surface area contributed by atoms with Crippen molar-refractivity contribution < 1.29 is 9.59 Å². The van der Waals surface area contributed by atoms with Crippen LogP contribution in [0.2, 0.25) is 0 Å². The van der Waals surface area contributed by atoms with Gasteiger partial charge in [0.2, 0.25) is 11.8 Å². The number of hydrogen-bond donors (Lipinski definition) is 1. The second kappa shape index (κ2) is 4.93. The van der Waals surface area contributed by atoms with Gasteiger partial charge in [-0.25, -0.2) is 0 Å². The Kier molecular flexibility index (Phi) is 3.24. The van der Waals surface area contributed by atoms with Crippen LogP contribution in [0.15, 0.2) is 18.2 Å². The highest BCUT2D eigenvalue weighted by molar-refractivity contribution is 5.99. The van der Waals surface area contributed by atoms with Crippen molar-refractivity contribution in [3.8, 4) is 0 Å². The van der Waals surface area contributed by atoms with Crippen molar-refractivity contribution >= 4 is 23.2 Å². The Balaban J connectivity index is 1.77. The van der Waals surface area contributed by atoms with Crippen LogP contribution in [-0.4, -0.2) is 18.4 Å². The van der Waals surface area contributed by atoms with E-state index in [2.05, 4.69) is 5.32 Å². The summed E-state index contributed by atoms with van der Waals surface area (Å²) in [5.74, 6) is 0.508. The molecule has 0 atom stereocenters. The molecule has 2 aliphatic rings. The minimum Gasteiger partial charge on any atom is -0.326 e. The van der Waals surface area contributed by atoms with Crippen molar-refractivity contribution in [3.63, 3.8) is 0 Å². The zero-order valence-electron chi connectivity index (χ0n) is 12.0. The number of hydrogen-bond acceptors (Lipinski definition) is 2. The number of carbonyl (C=O) groups is 2. The molecule has 4 heteroatoms. The number of anilines is 2. The van der Waals surface area contributed by atoms with Crippen LogP contribution in [0.25, 0.3) is 0 Å². The molecular weight excluding hydrogens is 252 g/mol. The first-order chi connectivity index (χ1) is 9.56. The summed E-state index contributed by atoms with van der Waals surface area (Å²) in [7, 11) is 0. The Labute approximate surface area is 119 Å². The smallest absolute Gasteiger partial charge is 0.230 e. The first kappa shape index (κ1) is 13.2. The van der Waals surface area contributed by atoms with Crippen LogP contribution in [0.1, 0.15) is 32.3 Å². The predicted octanol–water partition coefficient (Wildman–Crippen LogP) is 2.58. The number of rotatable bonds is 3. The molecule has 1 N–H and O–H groups in total. The molecule has 1 aromatic carbocycles. The Bertz CT molecular complexity index is 562. The lowest BCUT2D eigenvalue weighted by molar-refractivity contribution is -0.120. The van der Waals surface area contributed by atoms with Crippen LogP contribution in [-0.2, 0) is 16.0 Å². The topological polar surface area (TPSA) is 49.4 Å². The van der Waals surface area contributed by atoms with Gasteiger partial charge in [-0.1, -0.05) is 13.8 Å². The van der Waals surface area contributed by atoms with Crippen LogP contribution in [0.5, 0.6) is 0 Å². The fourth-order valence-electron chi connectivity index (χ4n) is 2.55. The maximum absolute atomic E-state index is 12.2. The molecule has 1 aliphatic carbocycles. The first-order valence-electron chi connectivity index (χ1n) is 7.31. The Morgan fingerprint density at radius 1 is 1.30 bits per heavy atom. The molecule has 1 aliphatic heterocycles. The molecule has 0 spiro atoms. The normalized spacial score (nSPS) is 17.2. The standard InChI is InChI=1S/C16H20N2O2/c1-10(2)15(19)17-13-5-6-14-12(9-13)7-8-18(14)16(20)11-3-4-11/h5-6,9-11H,3-4,7-8H2,1-2H3,(H,17,19). The average molecular weight is 272 g/mol. The van der Waals surface area contributed by atoms with E-state index in [9.17, 15) is 9.59 Å². The van der Waals surface area contributed by atoms with Crippen molar-refractivity contribution in [3.05, 3.63) is 23.8 Å². The quantitative estimate of drug-likeness (QED) is 0.919. The number of carbonyl (C=O) groups excluding carboxylic acids is 2. The molecule has 0 bridgehead atoms. The molecule has 2 amide bonds. The third-order valence-corrected chi connectivity index (χ3v) is 3.96. The SMILES string of the molecule is CC(C)C(=O)Nc1ccc2c(c1)CCN2C(=O)C1CC1. The summed E-state index contributed by atoms with van der Waals surface area (Å²) in [6, 6.07) is 5.84. The van der Waals surface area contributed by atoms with Gasteiger partial charge in [-0.15, -0.1) is 0 Å². The summed E-state index contributed by atoms with van der Waals surface area (Å²) in [6.07, 6.45) is 2.94. The first-order valence-corrected chi connectivity index (χ1v) is 7.31. The summed E-state index contributed by atoms with van der Waals surface area (Å²) in [5, 5.41) is 2.91. The van der Waals surface area contributed by atoms with E-state index in [1.165, 1.54) is 0 Å².